The number of aliphatic hydroxyl groups excluding tert-OH is 1. The third kappa shape index (κ3) is 2.63. The van der Waals surface area contributed by atoms with E-state index in [0.29, 0.717) is 6.54 Å². The highest BCUT2D eigenvalue weighted by molar-refractivity contribution is 5.34. The summed E-state index contributed by atoms with van der Waals surface area (Å²) in [7, 11) is 0. The molecule has 0 spiro atoms. The number of hydrogen-bond donors (Lipinski definition) is 2. The Morgan fingerprint density at radius 3 is 2.75 bits per heavy atom. The fourth-order valence-electron chi connectivity index (χ4n) is 2.36. The normalized spacial score (nSPS) is 16.9. The highest BCUT2D eigenvalue weighted by Gasteiger charge is 2.12. The summed E-state index contributed by atoms with van der Waals surface area (Å²) in [6.07, 6.45) is 4.62. The van der Waals surface area contributed by atoms with Gasteiger partial charge in [-0.05, 0) is 48.9 Å². The molecule has 0 saturated carbocycles. The van der Waals surface area contributed by atoms with Crippen LogP contribution in [-0.4, -0.2) is 18.2 Å². The third-order valence-corrected chi connectivity index (χ3v) is 3.35. The third-order valence-electron chi connectivity index (χ3n) is 3.35. The van der Waals surface area contributed by atoms with E-state index in [9.17, 15) is 5.11 Å². The van der Waals surface area contributed by atoms with Crippen molar-refractivity contribution in [2.75, 3.05) is 13.1 Å². The van der Waals surface area contributed by atoms with Crippen molar-refractivity contribution in [1.29, 1.82) is 0 Å². The number of fused-ring (bicyclic) bond motifs is 1. The quantitative estimate of drug-likeness (QED) is 0.813. The molecule has 1 aliphatic rings. The van der Waals surface area contributed by atoms with Gasteiger partial charge in [0.15, 0.2) is 0 Å². The van der Waals surface area contributed by atoms with Crippen LogP contribution in [-0.2, 0) is 12.8 Å². The van der Waals surface area contributed by atoms with Crippen LogP contribution in [0.15, 0.2) is 18.2 Å². The maximum atomic E-state index is 9.99. The first kappa shape index (κ1) is 11.6. The Balaban J connectivity index is 2.10. The highest BCUT2D eigenvalue weighted by Crippen LogP contribution is 2.24. The molecule has 0 radical (unpaired) electrons. The van der Waals surface area contributed by atoms with Crippen molar-refractivity contribution in [1.82, 2.24) is 5.32 Å². The number of nitrogens with one attached hydrogen (secondary N) is 1. The SMILES string of the molecule is CCNC[C@H](O)c1ccc2c(c1)CCCC2. The van der Waals surface area contributed by atoms with Gasteiger partial charge in [-0.2, -0.15) is 0 Å². The van der Waals surface area contributed by atoms with Gasteiger partial charge in [0.2, 0.25) is 0 Å². The topological polar surface area (TPSA) is 32.3 Å². The molecule has 0 fully saturated rings. The second-order valence-electron chi connectivity index (χ2n) is 4.56. The van der Waals surface area contributed by atoms with Gasteiger partial charge < -0.3 is 10.4 Å². The minimum absolute atomic E-state index is 0.368. The first-order valence-electron chi connectivity index (χ1n) is 6.31. The van der Waals surface area contributed by atoms with Gasteiger partial charge in [0, 0.05) is 6.54 Å². The lowest BCUT2D eigenvalue weighted by atomic mass is 9.89. The van der Waals surface area contributed by atoms with E-state index in [1.165, 1.54) is 36.8 Å². The Bertz CT molecular complexity index is 349. The Morgan fingerprint density at radius 1 is 1.25 bits per heavy atom. The number of benzene rings is 1. The van der Waals surface area contributed by atoms with Crippen LogP contribution in [0.2, 0.25) is 0 Å². The largest absolute Gasteiger partial charge is 0.387 e. The Labute approximate surface area is 97.7 Å². The molecule has 0 unspecified atom stereocenters. The number of likely N-dealkylation sites (N-methyl/N-ethyl adjacent to an activating group) is 1. The van der Waals surface area contributed by atoms with Crippen LogP contribution in [0, 0.1) is 0 Å². The fraction of sp³-hybridized carbons (Fsp3) is 0.571. The standard InChI is InChI=1S/C14H21NO/c1-2-15-10-14(16)13-8-7-11-5-3-4-6-12(11)9-13/h7-9,14-16H,2-6,10H2,1H3/t14-/m0/s1. The molecular weight excluding hydrogens is 198 g/mol. The summed E-state index contributed by atoms with van der Waals surface area (Å²) in [4.78, 5) is 0. The molecule has 1 aromatic rings. The van der Waals surface area contributed by atoms with E-state index in [-0.39, 0.29) is 6.10 Å². The minimum atomic E-state index is -0.368. The van der Waals surface area contributed by atoms with E-state index in [1.807, 2.05) is 0 Å². The molecule has 0 amide bonds. The number of rotatable bonds is 4. The van der Waals surface area contributed by atoms with Crippen molar-refractivity contribution in [3.8, 4) is 0 Å². The van der Waals surface area contributed by atoms with Crippen LogP contribution in [0.3, 0.4) is 0 Å². The monoisotopic (exact) mass is 219 g/mol. The van der Waals surface area contributed by atoms with Crippen molar-refractivity contribution in [2.45, 2.75) is 38.7 Å². The van der Waals surface area contributed by atoms with Gasteiger partial charge in [0.1, 0.15) is 0 Å². The van der Waals surface area contributed by atoms with E-state index < -0.39 is 0 Å². The molecule has 2 heteroatoms. The molecular formula is C14H21NO. The lowest BCUT2D eigenvalue weighted by Crippen LogP contribution is -2.21. The van der Waals surface area contributed by atoms with Crippen LogP contribution in [0.25, 0.3) is 0 Å². The average molecular weight is 219 g/mol. The predicted octanol–water partition coefficient (Wildman–Crippen LogP) is 2.21. The van der Waals surface area contributed by atoms with Crippen molar-refractivity contribution >= 4 is 0 Å². The Hall–Kier alpha value is -0.860. The smallest absolute Gasteiger partial charge is 0.0914 e. The van der Waals surface area contributed by atoms with Gasteiger partial charge >= 0.3 is 0 Å². The van der Waals surface area contributed by atoms with Crippen LogP contribution in [0.4, 0.5) is 0 Å². The second kappa shape index (κ2) is 5.46. The molecule has 1 aliphatic carbocycles. The first-order chi connectivity index (χ1) is 7.81. The predicted molar refractivity (Wildman–Crippen MR) is 66.6 cm³/mol. The molecule has 1 aromatic carbocycles. The average Bonchev–Trinajstić information content (AvgIpc) is 2.35. The molecule has 88 valence electrons. The van der Waals surface area contributed by atoms with Crippen molar-refractivity contribution in [2.24, 2.45) is 0 Å². The first-order valence-corrected chi connectivity index (χ1v) is 6.31. The number of aliphatic hydroxyl groups is 1. The minimum Gasteiger partial charge on any atom is -0.387 e. The zero-order valence-electron chi connectivity index (χ0n) is 10.00. The summed E-state index contributed by atoms with van der Waals surface area (Å²) < 4.78 is 0. The fourth-order valence-corrected chi connectivity index (χ4v) is 2.36. The summed E-state index contributed by atoms with van der Waals surface area (Å²) in [6.45, 7) is 3.61. The Morgan fingerprint density at radius 2 is 2.00 bits per heavy atom. The van der Waals surface area contributed by atoms with Crippen molar-refractivity contribution < 1.29 is 5.11 Å². The zero-order valence-corrected chi connectivity index (χ0v) is 10.00. The molecule has 0 aromatic heterocycles. The van der Waals surface area contributed by atoms with Crippen LogP contribution >= 0.6 is 0 Å². The van der Waals surface area contributed by atoms with Crippen LogP contribution < -0.4 is 5.32 Å². The van der Waals surface area contributed by atoms with E-state index in [0.717, 1.165) is 12.1 Å². The number of hydrogen-bond acceptors (Lipinski definition) is 2. The van der Waals surface area contributed by atoms with Gasteiger partial charge in [-0.25, -0.2) is 0 Å². The summed E-state index contributed by atoms with van der Waals surface area (Å²) >= 11 is 0. The molecule has 0 bridgehead atoms. The summed E-state index contributed by atoms with van der Waals surface area (Å²) in [5.41, 5.74) is 3.98. The van der Waals surface area contributed by atoms with E-state index in [1.54, 1.807) is 0 Å². The maximum absolute atomic E-state index is 9.99. The highest BCUT2D eigenvalue weighted by atomic mass is 16.3. The summed E-state index contributed by atoms with van der Waals surface area (Å²) in [6, 6.07) is 6.46. The van der Waals surface area contributed by atoms with Crippen molar-refractivity contribution in [3.05, 3.63) is 34.9 Å². The van der Waals surface area contributed by atoms with E-state index >= 15 is 0 Å². The molecule has 2 N–H and O–H groups in total. The van der Waals surface area contributed by atoms with Gasteiger partial charge in [-0.3, -0.25) is 0 Å². The van der Waals surface area contributed by atoms with Crippen molar-refractivity contribution in [3.63, 3.8) is 0 Å². The molecule has 0 heterocycles. The van der Waals surface area contributed by atoms with Crippen LogP contribution in [0.5, 0.6) is 0 Å². The van der Waals surface area contributed by atoms with Gasteiger partial charge in [0.05, 0.1) is 6.10 Å². The van der Waals surface area contributed by atoms with Gasteiger partial charge in [-0.15, -0.1) is 0 Å². The number of aryl methyl sites for hydroxylation is 2. The van der Waals surface area contributed by atoms with E-state index in [4.69, 9.17) is 0 Å². The van der Waals surface area contributed by atoms with E-state index in [2.05, 4.69) is 30.4 Å². The lowest BCUT2D eigenvalue weighted by molar-refractivity contribution is 0.175. The molecule has 0 aliphatic heterocycles. The maximum Gasteiger partial charge on any atom is 0.0914 e. The molecule has 2 rings (SSSR count). The summed E-state index contributed by atoms with van der Waals surface area (Å²) in [5, 5.41) is 13.2. The molecule has 16 heavy (non-hydrogen) atoms. The second-order valence-corrected chi connectivity index (χ2v) is 4.56. The molecule has 2 nitrogen and oxygen atoms in total. The summed E-state index contributed by atoms with van der Waals surface area (Å²) in [5.74, 6) is 0. The zero-order chi connectivity index (χ0) is 11.4. The molecule has 1 atom stereocenters. The van der Waals surface area contributed by atoms with Gasteiger partial charge in [0.25, 0.3) is 0 Å². The Kier molecular flexibility index (Phi) is 3.97. The van der Waals surface area contributed by atoms with Gasteiger partial charge in [-0.1, -0.05) is 25.1 Å². The lowest BCUT2D eigenvalue weighted by Gasteiger charge is -2.18. The van der Waals surface area contributed by atoms with Crippen LogP contribution in [0.1, 0.15) is 42.6 Å². The molecule has 0 saturated heterocycles.